The first-order chi connectivity index (χ1) is 13.0. The summed E-state index contributed by atoms with van der Waals surface area (Å²) in [6.07, 6.45) is 5.99. The Kier molecular flexibility index (Phi) is 6.29. The molecule has 146 valence electrons. The van der Waals surface area contributed by atoms with Crippen molar-refractivity contribution >= 4 is 17.9 Å². The molecule has 1 spiro atoms. The highest BCUT2D eigenvalue weighted by molar-refractivity contribution is 5.79. The summed E-state index contributed by atoms with van der Waals surface area (Å²) in [6.45, 7) is 5.05. The lowest BCUT2D eigenvalue weighted by Gasteiger charge is -2.41. The van der Waals surface area contributed by atoms with Crippen LogP contribution in [0.2, 0.25) is 0 Å². The van der Waals surface area contributed by atoms with Gasteiger partial charge in [-0.3, -0.25) is 14.5 Å². The molecule has 1 aromatic rings. The quantitative estimate of drug-likeness (QED) is 0.854. The Labute approximate surface area is 161 Å². The fourth-order valence-electron chi connectivity index (χ4n) is 3.83. The van der Waals surface area contributed by atoms with Crippen LogP contribution in [0.25, 0.3) is 6.08 Å². The van der Waals surface area contributed by atoms with Crippen molar-refractivity contribution in [3.8, 4) is 0 Å². The molecule has 1 unspecified atom stereocenters. The Morgan fingerprint density at radius 2 is 1.96 bits per heavy atom. The van der Waals surface area contributed by atoms with Crippen LogP contribution in [0.3, 0.4) is 0 Å². The van der Waals surface area contributed by atoms with Gasteiger partial charge in [0.05, 0.1) is 24.7 Å². The molecular weight excluding hydrogens is 342 g/mol. The Morgan fingerprint density at radius 3 is 2.63 bits per heavy atom. The fraction of sp³-hybridized carbons (Fsp3) is 0.524. The molecule has 2 aliphatic rings. The first kappa shape index (κ1) is 19.6. The van der Waals surface area contributed by atoms with Gasteiger partial charge in [-0.25, -0.2) is 0 Å². The van der Waals surface area contributed by atoms with Crippen molar-refractivity contribution in [2.45, 2.75) is 37.8 Å². The van der Waals surface area contributed by atoms with Gasteiger partial charge in [0.2, 0.25) is 11.8 Å². The third-order valence-corrected chi connectivity index (χ3v) is 5.70. The van der Waals surface area contributed by atoms with Crippen molar-refractivity contribution in [2.24, 2.45) is 5.73 Å². The van der Waals surface area contributed by atoms with Crippen LogP contribution in [-0.4, -0.2) is 66.0 Å². The average molecular weight is 371 g/mol. The van der Waals surface area contributed by atoms with Crippen molar-refractivity contribution in [3.05, 3.63) is 42.0 Å². The molecule has 27 heavy (non-hydrogen) atoms. The van der Waals surface area contributed by atoms with Crippen molar-refractivity contribution < 1.29 is 14.3 Å². The molecular formula is C21H29N3O3. The molecule has 1 atom stereocenters. The minimum atomic E-state index is -0.400. The molecule has 0 aliphatic carbocycles. The Hall–Kier alpha value is -2.18. The molecule has 1 aromatic carbocycles. The van der Waals surface area contributed by atoms with Crippen LogP contribution < -0.4 is 5.73 Å². The van der Waals surface area contributed by atoms with Crippen LogP contribution in [0, 0.1) is 0 Å². The van der Waals surface area contributed by atoms with E-state index in [1.165, 1.54) is 0 Å². The van der Waals surface area contributed by atoms with Gasteiger partial charge in [-0.1, -0.05) is 42.5 Å². The van der Waals surface area contributed by atoms with Crippen molar-refractivity contribution in [1.82, 2.24) is 9.80 Å². The number of primary amides is 1. The van der Waals surface area contributed by atoms with Gasteiger partial charge in [0, 0.05) is 26.2 Å². The maximum absolute atomic E-state index is 12.8. The van der Waals surface area contributed by atoms with Crippen LogP contribution in [0.5, 0.6) is 0 Å². The molecule has 0 saturated carbocycles. The normalized spacial score (nSPS) is 22.1. The summed E-state index contributed by atoms with van der Waals surface area (Å²) in [7, 11) is 0. The van der Waals surface area contributed by atoms with E-state index in [-0.39, 0.29) is 17.9 Å². The highest BCUT2D eigenvalue weighted by Crippen LogP contribution is 2.33. The first-order valence-electron chi connectivity index (χ1n) is 9.66. The summed E-state index contributed by atoms with van der Waals surface area (Å²) in [5, 5.41) is 0. The Balaban J connectivity index is 1.55. The van der Waals surface area contributed by atoms with Crippen LogP contribution in [0.15, 0.2) is 36.4 Å². The summed E-state index contributed by atoms with van der Waals surface area (Å²) in [5.41, 5.74) is 6.14. The summed E-state index contributed by atoms with van der Waals surface area (Å²) >= 11 is 0. The summed E-state index contributed by atoms with van der Waals surface area (Å²) in [6, 6.07) is 9.80. The second-order valence-corrected chi connectivity index (χ2v) is 7.48. The maximum Gasteiger partial charge on any atom is 0.234 e. The minimum absolute atomic E-state index is 0.140. The number of piperidine rings is 1. The minimum Gasteiger partial charge on any atom is -0.373 e. The average Bonchev–Trinajstić information content (AvgIpc) is 2.81. The third kappa shape index (κ3) is 4.96. The number of rotatable bonds is 5. The smallest absolute Gasteiger partial charge is 0.234 e. The van der Waals surface area contributed by atoms with Gasteiger partial charge < -0.3 is 15.4 Å². The Morgan fingerprint density at radius 1 is 1.26 bits per heavy atom. The molecule has 2 fully saturated rings. The van der Waals surface area contributed by atoms with E-state index < -0.39 is 5.60 Å². The number of nitrogens with two attached hydrogens (primary N) is 1. The summed E-state index contributed by atoms with van der Waals surface area (Å²) in [5.74, 6) is -0.165. The number of carbonyl (C=O) groups excluding carboxylic acids is 2. The summed E-state index contributed by atoms with van der Waals surface area (Å²) < 4.78 is 6.16. The number of likely N-dealkylation sites (tertiary alicyclic amines) is 1. The lowest BCUT2D eigenvalue weighted by molar-refractivity contribution is -0.137. The molecule has 2 N–H and O–H groups in total. The van der Waals surface area contributed by atoms with E-state index in [1.807, 2.05) is 54.3 Å². The number of benzene rings is 1. The zero-order chi connectivity index (χ0) is 19.3. The molecule has 6 heteroatoms. The van der Waals surface area contributed by atoms with E-state index in [4.69, 9.17) is 10.5 Å². The lowest BCUT2D eigenvalue weighted by Crippen LogP contribution is -2.52. The van der Waals surface area contributed by atoms with Gasteiger partial charge in [0.15, 0.2) is 0 Å². The summed E-state index contributed by atoms with van der Waals surface area (Å²) in [4.78, 5) is 28.1. The van der Waals surface area contributed by atoms with E-state index in [0.717, 1.165) is 31.5 Å². The van der Waals surface area contributed by atoms with E-state index in [9.17, 15) is 9.59 Å². The highest BCUT2D eigenvalue weighted by Gasteiger charge is 2.41. The number of amides is 2. The number of nitrogens with zero attached hydrogens (tertiary/aromatic N) is 2. The van der Waals surface area contributed by atoms with Gasteiger partial charge in [-0.2, -0.15) is 0 Å². The molecule has 2 heterocycles. The molecule has 2 aliphatic heterocycles. The second kappa shape index (κ2) is 8.67. The monoisotopic (exact) mass is 371 g/mol. The van der Waals surface area contributed by atoms with Gasteiger partial charge in [-0.15, -0.1) is 0 Å². The van der Waals surface area contributed by atoms with Crippen LogP contribution in [0.1, 0.15) is 31.7 Å². The molecule has 0 bridgehead atoms. The number of carbonyl (C=O) groups is 2. The van der Waals surface area contributed by atoms with Crippen molar-refractivity contribution in [3.63, 3.8) is 0 Å². The van der Waals surface area contributed by atoms with Crippen molar-refractivity contribution in [1.29, 1.82) is 0 Å². The number of hydrogen-bond acceptors (Lipinski definition) is 4. The van der Waals surface area contributed by atoms with E-state index in [1.54, 1.807) is 0 Å². The largest absolute Gasteiger partial charge is 0.373 e. The van der Waals surface area contributed by atoms with Crippen molar-refractivity contribution in [2.75, 3.05) is 32.8 Å². The molecule has 2 saturated heterocycles. The first-order valence-corrected chi connectivity index (χ1v) is 9.66. The zero-order valence-electron chi connectivity index (χ0n) is 16.0. The molecule has 0 aromatic heterocycles. The number of hydrogen-bond donors (Lipinski definition) is 1. The standard InChI is InChI=1S/C21H29N3O3/c1-17(20(22)26)23-12-9-21(10-13-23)16-19(25)24(14-15-27-21)11-5-8-18-6-3-2-4-7-18/h2-8,17H,9-16H2,1H3,(H2,22,26)/b8-5+. The van der Waals surface area contributed by atoms with Gasteiger partial charge in [0.1, 0.15) is 0 Å². The Bertz CT molecular complexity index is 681. The number of ether oxygens (including phenoxy) is 1. The van der Waals surface area contributed by atoms with Gasteiger partial charge in [-0.05, 0) is 25.3 Å². The highest BCUT2D eigenvalue weighted by atomic mass is 16.5. The predicted molar refractivity (Wildman–Crippen MR) is 105 cm³/mol. The van der Waals surface area contributed by atoms with Gasteiger partial charge >= 0.3 is 0 Å². The SMILES string of the molecule is CC(C(N)=O)N1CCC2(CC1)CC(=O)N(C/C=C/c1ccccc1)CCO2. The second-order valence-electron chi connectivity index (χ2n) is 7.48. The van der Waals surface area contributed by atoms with Crippen LogP contribution in [0.4, 0.5) is 0 Å². The van der Waals surface area contributed by atoms with E-state index in [0.29, 0.717) is 26.1 Å². The fourth-order valence-corrected chi connectivity index (χ4v) is 3.83. The van der Waals surface area contributed by atoms with Crippen LogP contribution in [-0.2, 0) is 14.3 Å². The third-order valence-electron chi connectivity index (χ3n) is 5.70. The van der Waals surface area contributed by atoms with Gasteiger partial charge in [0.25, 0.3) is 0 Å². The maximum atomic E-state index is 12.8. The molecule has 0 radical (unpaired) electrons. The zero-order valence-corrected chi connectivity index (χ0v) is 16.0. The topological polar surface area (TPSA) is 75.9 Å². The molecule has 2 amide bonds. The predicted octanol–water partition coefficient (Wildman–Crippen LogP) is 1.66. The molecule has 6 nitrogen and oxygen atoms in total. The molecule has 3 rings (SSSR count). The van der Waals surface area contributed by atoms with E-state index in [2.05, 4.69) is 4.90 Å². The van der Waals surface area contributed by atoms with Crippen LogP contribution >= 0.6 is 0 Å². The van der Waals surface area contributed by atoms with E-state index >= 15 is 0 Å². The lowest BCUT2D eigenvalue weighted by atomic mass is 9.87.